The molecule has 0 atom stereocenters. The Hall–Kier alpha value is -1.54. The maximum Gasteiger partial charge on any atom is 0.0738 e. The van der Waals surface area contributed by atoms with Crippen LogP contribution in [0.2, 0.25) is 0 Å². The minimum atomic E-state index is 0.530. The van der Waals surface area contributed by atoms with Gasteiger partial charge in [0.2, 0.25) is 0 Å². The van der Waals surface area contributed by atoms with Crippen molar-refractivity contribution in [3.05, 3.63) is 18.2 Å². The predicted molar refractivity (Wildman–Crippen MR) is 54.3 cm³/mol. The van der Waals surface area contributed by atoms with Gasteiger partial charge in [-0.15, -0.1) is 9.98 Å². The van der Waals surface area contributed by atoms with E-state index in [0.29, 0.717) is 17.1 Å². The average Bonchev–Trinajstić information content (AvgIpc) is 2.23. The molecule has 0 aliphatic rings. The summed E-state index contributed by atoms with van der Waals surface area (Å²) in [7, 11) is 2.76. The van der Waals surface area contributed by atoms with E-state index in [0.717, 1.165) is 0 Å². The van der Waals surface area contributed by atoms with E-state index in [1.807, 2.05) is 0 Å². The van der Waals surface area contributed by atoms with Crippen molar-refractivity contribution >= 4 is 17.1 Å². The number of anilines is 3. The maximum absolute atomic E-state index is 5.63. The molecule has 7 heteroatoms. The SMILES string of the molecule is COONc1cc(N)cc(NOOC)c1. The van der Waals surface area contributed by atoms with Crippen LogP contribution in [0, 0.1) is 0 Å². The van der Waals surface area contributed by atoms with Gasteiger partial charge in [0.15, 0.2) is 0 Å². The molecule has 4 N–H and O–H groups in total. The number of benzene rings is 1. The van der Waals surface area contributed by atoms with Crippen molar-refractivity contribution in [1.29, 1.82) is 0 Å². The van der Waals surface area contributed by atoms with E-state index in [-0.39, 0.29) is 0 Å². The molecule has 0 amide bonds. The number of nitrogens with two attached hydrogens (primary N) is 1. The molecule has 1 rings (SSSR count). The Morgan fingerprint density at radius 3 is 1.80 bits per heavy atom. The zero-order valence-electron chi connectivity index (χ0n) is 8.44. The second-order valence-corrected chi connectivity index (χ2v) is 2.55. The molecule has 0 bridgehead atoms. The smallest absolute Gasteiger partial charge is 0.0738 e. The molecule has 0 unspecified atom stereocenters. The van der Waals surface area contributed by atoms with Crippen LogP contribution < -0.4 is 16.7 Å². The van der Waals surface area contributed by atoms with E-state index in [1.165, 1.54) is 14.2 Å². The van der Waals surface area contributed by atoms with Crippen LogP contribution in [0.1, 0.15) is 0 Å². The first-order valence-electron chi connectivity index (χ1n) is 4.08. The molecule has 84 valence electrons. The fourth-order valence-corrected chi connectivity index (χ4v) is 0.949. The van der Waals surface area contributed by atoms with Gasteiger partial charge in [0, 0.05) is 5.69 Å². The zero-order chi connectivity index (χ0) is 11.1. The van der Waals surface area contributed by atoms with Crippen molar-refractivity contribution in [3.63, 3.8) is 0 Å². The van der Waals surface area contributed by atoms with Gasteiger partial charge >= 0.3 is 0 Å². The third-order valence-electron chi connectivity index (χ3n) is 1.44. The second-order valence-electron chi connectivity index (χ2n) is 2.55. The van der Waals surface area contributed by atoms with Gasteiger partial charge < -0.3 is 5.73 Å². The standard InChI is InChI=1S/C8H13N3O4/c1-12-14-10-7-3-6(9)4-8(5-7)11-15-13-2/h3-5,10-11H,9H2,1-2H3. The number of rotatable bonds is 6. The lowest BCUT2D eigenvalue weighted by Crippen LogP contribution is -2.03. The summed E-state index contributed by atoms with van der Waals surface area (Å²) in [5.41, 5.74) is 12.4. The van der Waals surface area contributed by atoms with Gasteiger partial charge in [-0.3, -0.25) is 0 Å². The van der Waals surface area contributed by atoms with Crippen molar-refractivity contribution in [2.45, 2.75) is 0 Å². The van der Waals surface area contributed by atoms with Gasteiger partial charge in [-0.05, 0) is 18.2 Å². The summed E-state index contributed by atoms with van der Waals surface area (Å²) in [6.45, 7) is 0. The summed E-state index contributed by atoms with van der Waals surface area (Å²) >= 11 is 0. The maximum atomic E-state index is 5.63. The lowest BCUT2D eigenvalue weighted by molar-refractivity contribution is -0.249. The molecule has 7 nitrogen and oxygen atoms in total. The Morgan fingerprint density at radius 1 is 0.933 bits per heavy atom. The molecule has 0 aliphatic carbocycles. The minimum Gasteiger partial charge on any atom is -0.399 e. The van der Waals surface area contributed by atoms with Gasteiger partial charge in [0.25, 0.3) is 0 Å². The molecule has 0 saturated carbocycles. The van der Waals surface area contributed by atoms with Crippen LogP contribution in [0.25, 0.3) is 0 Å². The van der Waals surface area contributed by atoms with E-state index in [4.69, 9.17) is 5.73 Å². The van der Waals surface area contributed by atoms with Gasteiger partial charge in [0.05, 0.1) is 25.6 Å². The first-order valence-corrected chi connectivity index (χ1v) is 4.08. The van der Waals surface area contributed by atoms with Crippen molar-refractivity contribution in [1.82, 2.24) is 0 Å². The van der Waals surface area contributed by atoms with E-state index in [1.54, 1.807) is 18.2 Å². The number of nitrogen functional groups attached to an aromatic ring is 1. The highest BCUT2D eigenvalue weighted by Crippen LogP contribution is 2.20. The Labute approximate surface area is 86.8 Å². The molecule has 0 saturated heterocycles. The monoisotopic (exact) mass is 215 g/mol. The molecule has 0 heterocycles. The predicted octanol–water partition coefficient (Wildman–Crippen LogP) is 1.08. The molecule has 0 fully saturated rings. The minimum absolute atomic E-state index is 0.530. The van der Waals surface area contributed by atoms with E-state index in [2.05, 4.69) is 30.7 Å². The van der Waals surface area contributed by atoms with Crippen molar-refractivity contribution < 1.29 is 19.8 Å². The van der Waals surface area contributed by atoms with E-state index >= 15 is 0 Å². The van der Waals surface area contributed by atoms with Crippen LogP contribution in [-0.2, 0) is 19.8 Å². The Bertz CT molecular complexity index is 282. The van der Waals surface area contributed by atoms with Crippen LogP contribution in [0.4, 0.5) is 17.1 Å². The quantitative estimate of drug-likeness (QED) is 0.372. The average molecular weight is 215 g/mol. The van der Waals surface area contributed by atoms with Crippen molar-refractivity contribution in [2.24, 2.45) is 0 Å². The molecule has 15 heavy (non-hydrogen) atoms. The van der Waals surface area contributed by atoms with Crippen LogP contribution in [0.5, 0.6) is 0 Å². The highest BCUT2D eigenvalue weighted by molar-refractivity contribution is 5.64. The molecule has 0 aromatic heterocycles. The van der Waals surface area contributed by atoms with Crippen molar-refractivity contribution in [3.8, 4) is 0 Å². The fraction of sp³-hybridized carbons (Fsp3) is 0.250. The first-order chi connectivity index (χ1) is 7.26. The van der Waals surface area contributed by atoms with E-state index in [9.17, 15) is 0 Å². The van der Waals surface area contributed by atoms with Gasteiger partial charge in [-0.25, -0.2) is 20.7 Å². The molecular formula is C8H13N3O4. The lowest BCUT2D eigenvalue weighted by Gasteiger charge is -2.08. The van der Waals surface area contributed by atoms with Crippen LogP contribution in [0.3, 0.4) is 0 Å². The highest BCUT2D eigenvalue weighted by Gasteiger charge is 1.99. The number of hydrogen-bond donors (Lipinski definition) is 3. The first kappa shape index (κ1) is 11.5. The normalized spacial score (nSPS) is 10.0. The Kier molecular flexibility index (Phi) is 4.64. The summed E-state index contributed by atoms with van der Waals surface area (Å²) < 4.78 is 0. The van der Waals surface area contributed by atoms with Gasteiger partial charge in [0.1, 0.15) is 0 Å². The summed E-state index contributed by atoms with van der Waals surface area (Å²) in [5, 5.41) is 0. The molecule has 0 aliphatic heterocycles. The molecule has 0 spiro atoms. The van der Waals surface area contributed by atoms with Crippen LogP contribution >= 0.6 is 0 Å². The number of hydrogen-bond acceptors (Lipinski definition) is 7. The zero-order valence-corrected chi connectivity index (χ0v) is 8.44. The Balaban J connectivity index is 2.66. The Morgan fingerprint density at radius 2 is 1.40 bits per heavy atom. The largest absolute Gasteiger partial charge is 0.399 e. The molecule has 1 aromatic carbocycles. The topological polar surface area (TPSA) is 87.0 Å². The van der Waals surface area contributed by atoms with Crippen LogP contribution in [0.15, 0.2) is 18.2 Å². The lowest BCUT2D eigenvalue weighted by atomic mass is 10.2. The fourth-order valence-electron chi connectivity index (χ4n) is 0.949. The van der Waals surface area contributed by atoms with Gasteiger partial charge in [-0.1, -0.05) is 0 Å². The summed E-state index contributed by atoms with van der Waals surface area (Å²) in [6.07, 6.45) is 0. The number of nitrogens with one attached hydrogen (secondary N) is 2. The molecular weight excluding hydrogens is 202 g/mol. The summed E-state index contributed by atoms with van der Waals surface area (Å²) in [5.74, 6) is 0. The third-order valence-corrected chi connectivity index (χ3v) is 1.44. The highest BCUT2D eigenvalue weighted by atomic mass is 17.3. The van der Waals surface area contributed by atoms with Crippen LogP contribution in [-0.4, -0.2) is 14.2 Å². The summed E-state index contributed by atoms with van der Waals surface area (Å²) in [4.78, 5) is 17.8. The second kappa shape index (κ2) is 6.04. The summed E-state index contributed by atoms with van der Waals surface area (Å²) in [6, 6.07) is 5.02. The molecule has 0 radical (unpaired) electrons. The van der Waals surface area contributed by atoms with Gasteiger partial charge in [-0.2, -0.15) is 0 Å². The van der Waals surface area contributed by atoms with E-state index < -0.39 is 0 Å². The third kappa shape index (κ3) is 4.00. The van der Waals surface area contributed by atoms with Crippen molar-refractivity contribution in [2.75, 3.05) is 30.9 Å². The molecule has 1 aromatic rings.